The maximum atomic E-state index is 12.4. The van der Waals surface area contributed by atoms with Gasteiger partial charge in [0, 0.05) is 26.2 Å². The summed E-state index contributed by atoms with van der Waals surface area (Å²) in [7, 11) is 1.84. The number of rotatable bonds is 9. The van der Waals surface area contributed by atoms with Gasteiger partial charge in [-0.3, -0.25) is 24.2 Å². The molecule has 3 aromatic heterocycles. The number of aryl methyl sites for hydroxylation is 1. The standard InChI is InChI=1S/C21H22N4O6S.C4H3FN2O2/c1-11-22-14-4-3-12(9-13(14)19(28)23-11)10-25(2)17-7-6-16(32-17)20(29)24-15(21(30)31)5-8-18(26)27;5-2-1-6-4(9)7-3(2)8/h3-4,6-7,9,15H,5,8,10H2,1-2H3,(H,24,29)(H,26,27)(H,30,31)(H,22,23,28);1H,(H2,6,7,8,9)/t15-;/m0./s1. The summed E-state index contributed by atoms with van der Waals surface area (Å²) in [5.41, 5.74) is -0.415. The molecule has 0 saturated carbocycles. The normalized spacial score (nSPS) is 11.3. The number of H-pyrrole nitrogens is 3. The third-order valence-corrected chi connectivity index (χ3v) is 6.72. The second-order valence-corrected chi connectivity index (χ2v) is 9.78. The Hall–Kier alpha value is -5.12. The molecule has 4 aromatic rings. The van der Waals surface area contributed by atoms with E-state index in [2.05, 4.69) is 15.3 Å². The summed E-state index contributed by atoms with van der Waals surface area (Å²) in [6.07, 6.45) is 0.143. The molecule has 0 saturated heterocycles. The first-order valence-electron chi connectivity index (χ1n) is 11.9. The lowest BCUT2D eigenvalue weighted by atomic mass is 10.1. The van der Waals surface area contributed by atoms with Crippen LogP contribution in [0.3, 0.4) is 0 Å². The number of benzene rings is 1. The number of aromatic amines is 3. The monoisotopic (exact) mass is 588 g/mol. The smallest absolute Gasteiger partial charge is 0.326 e. The van der Waals surface area contributed by atoms with Gasteiger partial charge in [-0.15, -0.1) is 11.3 Å². The van der Waals surface area contributed by atoms with Crippen LogP contribution in [0.1, 0.15) is 33.9 Å². The Morgan fingerprint density at radius 1 is 1.10 bits per heavy atom. The number of nitrogens with zero attached hydrogens (tertiary/aromatic N) is 2. The van der Waals surface area contributed by atoms with E-state index in [1.807, 2.05) is 23.0 Å². The van der Waals surface area contributed by atoms with Crippen LogP contribution in [0.5, 0.6) is 0 Å². The number of carbonyl (C=O) groups is 3. The van der Waals surface area contributed by atoms with Crippen molar-refractivity contribution in [1.29, 1.82) is 0 Å². The number of carboxylic acids is 2. The number of fused-ring (bicyclic) bond motifs is 1. The Balaban J connectivity index is 0.000000436. The van der Waals surface area contributed by atoms with Crippen LogP contribution < -0.4 is 27.0 Å². The average Bonchev–Trinajstić information content (AvgIpc) is 3.40. The third-order valence-electron chi connectivity index (χ3n) is 5.52. The Morgan fingerprint density at radius 3 is 2.46 bits per heavy atom. The van der Waals surface area contributed by atoms with E-state index in [-0.39, 0.29) is 18.4 Å². The van der Waals surface area contributed by atoms with Crippen molar-refractivity contribution in [1.82, 2.24) is 25.3 Å². The molecule has 0 aliphatic rings. The number of carbonyl (C=O) groups excluding carboxylic acids is 1. The number of anilines is 1. The fraction of sp³-hybridized carbons (Fsp3) is 0.240. The van der Waals surface area contributed by atoms with Crippen LogP contribution in [-0.4, -0.2) is 61.1 Å². The molecule has 6 N–H and O–H groups in total. The minimum absolute atomic E-state index is 0.204. The minimum Gasteiger partial charge on any atom is -0.481 e. The summed E-state index contributed by atoms with van der Waals surface area (Å²) in [5.74, 6) is -3.44. The zero-order chi connectivity index (χ0) is 30.3. The van der Waals surface area contributed by atoms with Gasteiger partial charge in [0.05, 0.1) is 20.8 Å². The lowest BCUT2D eigenvalue weighted by Crippen LogP contribution is -2.40. The van der Waals surface area contributed by atoms with Crippen molar-refractivity contribution in [2.24, 2.45) is 0 Å². The molecule has 4 rings (SSSR count). The van der Waals surface area contributed by atoms with E-state index in [9.17, 15) is 38.3 Å². The highest BCUT2D eigenvalue weighted by Crippen LogP contribution is 2.27. The van der Waals surface area contributed by atoms with Gasteiger partial charge in [-0.25, -0.2) is 14.6 Å². The molecule has 216 valence electrons. The van der Waals surface area contributed by atoms with E-state index in [0.717, 1.165) is 10.6 Å². The van der Waals surface area contributed by atoms with Crippen LogP contribution in [0.15, 0.2) is 50.9 Å². The van der Waals surface area contributed by atoms with Crippen LogP contribution >= 0.6 is 11.3 Å². The zero-order valence-electron chi connectivity index (χ0n) is 21.7. The number of halogens is 1. The molecule has 0 bridgehead atoms. The van der Waals surface area contributed by atoms with Gasteiger partial charge >= 0.3 is 17.6 Å². The van der Waals surface area contributed by atoms with Gasteiger partial charge in [-0.1, -0.05) is 6.07 Å². The first-order chi connectivity index (χ1) is 19.3. The number of nitrogens with one attached hydrogen (secondary N) is 4. The second-order valence-electron chi connectivity index (χ2n) is 8.71. The van der Waals surface area contributed by atoms with Gasteiger partial charge in [-0.2, -0.15) is 4.39 Å². The number of amides is 1. The summed E-state index contributed by atoms with van der Waals surface area (Å²) in [4.78, 5) is 79.8. The molecular formula is C25H25FN6O8S. The highest BCUT2D eigenvalue weighted by atomic mass is 32.1. The van der Waals surface area contributed by atoms with Crippen molar-refractivity contribution in [3.05, 3.63) is 89.8 Å². The molecule has 0 radical (unpaired) electrons. The molecule has 1 atom stereocenters. The fourth-order valence-electron chi connectivity index (χ4n) is 3.56. The maximum absolute atomic E-state index is 12.4. The highest BCUT2D eigenvalue weighted by molar-refractivity contribution is 7.18. The summed E-state index contributed by atoms with van der Waals surface area (Å²) < 4.78 is 12.0. The fourth-order valence-corrected chi connectivity index (χ4v) is 4.43. The molecule has 0 aliphatic carbocycles. The van der Waals surface area contributed by atoms with Gasteiger partial charge in [0.1, 0.15) is 11.9 Å². The van der Waals surface area contributed by atoms with Crippen molar-refractivity contribution in [2.75, 3.05) is 11.9 Å². The van der Waals surface area contributed by atoms with Gasteiger partial charge in [0.25, 0.3) is 17.0 Å². The molecule has 41 heavy (non-hydrogen) atoms. The Labute approximate surface area is 233 Å². The quantitative estimate of drug-likeness (QED) is 0.164. The van der Waals surface area contributed by atoms with E-state index in [4.69, 9.17) is 5.11 Å². The van der Waals surface area contributed by atoms with Crippen molar-refractivity contribution in [3.8, 4) is 0 Å². The minimum atomic E-state index is -1.29. The molecule has 0 spiro atoms. The number of carboxylic acid groups (broad SMARTS) is 2. The van der Waals surface area contributed by atoms with Crippen LogP contribution in [0.25, 0.3) is 10.9 Å². The Morgan fingerprint density at radius 2 is 1.83 bits per heavy atom. The summed E-state index contributed by atoms with van der Waals surface area (Å²) in [5, 5.41) is 21.6. The van der Waals surface area contributed by atoms with E-state index in [1.165, 1.54) is 11.3 Å². The zero-order valence-corrected chi connectivity index (χ0v) is 22.5. The lowest BCUT2D eigenvalue weighted by Gasteiger charge is -2.17. The van der Waals surface area contributed by atoms with E-state index in [0.29, 0.717) is 34.3 Å². The van der Waals surface area contributed by atoms with Crippen molar-refractivity contribution >= 4 is 45.1 Å². The van der Waals surface area contributed by atoms with Gasteiger partial charge in [0.2, 0.25) is 5.82 Å². The van der Waals surface area contributed by atoms with Crippen molar-refractivity contribution in [2.45, 2.75) is 32.4 Å². The summed E-state index contributed by atoms with van der Waals surface area (Å²) >= 11 is 1.18. The number of thiophene rings is 1. The van der Waals surface area contributed by atoms with E-state index >= 15 is 0 Å². The van der Waals surface area contributed by atoms with Gasteiger partial charge in [-0.05, 0) is 43.2 Å². The van der Waals surface area contributed by atoms with Gasteiger partial charge in [0.15, 0.2) is 0 Å². The number of aromatic nitrogens is 4. The van der Waals surface area contributed by atoms with Crippen molar-refractivity contribution in [3.63, 3.8) is 0 Å². The summed E-state index contributed by atoms with van der Waals surface area (Å²) in [6, 6.07) is 7.49. The van der Waals surface area contributed by atoms with E-state index in [1.54, 1.807) is 36.2 Å². The molecule has 14 nitrogen and oxygen atoms in total. The molecule has 1 aromatic carbocycles. The summed E-state index contributed by atoms with van der Waals surface area (Å²) in [6.45, 7) is 2.19. The largest absolute Gasteiger partial charge is 0.481 e. The predicted molar refractivity (Wildman–Crippen MR) is 147 cm³/mol. The molecule has 3 heterocycles. The number of hydrogen-bond donors (Lipinski definition) is 6. The lowest BCUT2D eigenvalue weighted by molar-refractivity contribution is -0.140. The maximum Gasteiger partial charge on any atom is 0.326 e. The van der Waals surface area contributed by atoms with Crippen LogP contribution in [-0.2, 0) is 16.1 Å². The van der Waals surface area contributed by atoms with Gasteiger partial charge < -0.3 is 30.4 Å². The first kappa shape index (κ1) is 30.4. The van der Waals surface area contributed by atoms with E-state index < -0.39 is 41.0 Å². The van der Waals surface area contributed by atoms with Crippen LogP contribution in [0, 0.1) is 12.7 Å². The first-order valence-corrected chi connectivity index (χ1v) is 12.7. The molecule has 0 aliphatic heterocycles. The number of hydrogen-bond acceptors (Lipinski definition) is 9. The average molecular weight is 589 g/mol. The molecule has 0 unspecified atom stereocenters. The Kier molecular flexibility index (Phi) is 9.86. The Bertz CT molecular complexity index is 1760. The highest BCUT2D eigenvalue weighted by Gasteiger charge is 2.22. The molecule has 0 fully saturated rings. The third kappa shape index (κ3) is 8.43. The van der Waals surface area contributed by atoms with Crippen LogP contribution in [0.2, 0.25) is 0 Å². The SMILES string of the molecule is Cc1nc2ccc(CN(C)c3ccc(C(=O)N[C@@H](CCC(=O)O)C(=O)O)s3)cc2c(=O)[nH]1.O=c1[nH]cc(F)c(=O)[nH]1. The topological polar surface area (TPSA) is 218 Å². The molecule has 16 heteroatoms. The molecule has 1 amide bonds. The molecular weight excluding hydrogens is 563 g/mol. The van der Waals surface area contributed by atoms with Crippen molar-refractivity contribution < 1.29 is 29.0 Å². The predicted octanol–water partition coefficient (Wildman–Crippen LogP) is 1.18. The number of aliphatic carboxylic acids is 2. The van der Waals surface area contributed by atoms with Crippen LogP contribution in [0.4, 0.5) is 9.39 Å². The second kappa shape index (κ2) is 13.3.